The van der Waals surface area contributed by atoms with Crippen molar-refractivity contribution in [1.29, 1.82) is 0 Å². The summed E-state index contributed by atoms with van der Waals surface area (Å²) in [6.07, 6.45) is 2.21. The molecule has 1 unspecified atom stereocenters. The molecule has 1 aromatic carbocycles. The molecule has 0 radical (unpaired) electrons. The highest BCUT2D eigenvalue weighted by atomic mass is 35.5. The molecule has 0 bridgehead atoms. The van der Waals surface area contributed by atoms with Gasteiger partial charge in [0.1, 0.15) is 5.82 Å². The van der Waals surface area contributed by atoms with Crippen molar-refractivity contribution in [2.45, 2.75) is 32.7 Å². The number of carbonyl (C=O) groups is 1. The van der Waals surface area contributed by atoms with E-state index in [4.69, 9.17) is 11.6 Å². The zero-order valence-corrected chi connectivity index (χ0v) is 13.3. The second-order valence-electron chi connectivity index (χ2n) is 5.86. The topological polar surface area (TPSA) is 32.3 Å². The Morgan fingerprint density at radius 2 is 2.29 bits per heavy atom. The zero-order valence-electron chi connectivity index (χ0n) is 12.5. The van der Waals surface area contributed by atoms with Crippen LogP contribution in [0.2, 0.25) is 5.02 Å². The van der Waals surface area contributed by atoms with Crippen molar-refractivity contribution in [3.63, 3.8) is 0 Å². The summed E-state index contributed by atoms with van der Waals surface area (Å²) in [6, 6.07) is 4.35. The van der Waals surface area contributed by atoms with Gasteiger partial charge < -0.3 is 10.2 Å². The number of rotatable bonds is 4. The summed E-state index contributed by atoms with van der Waals surface area (Å²) in [6.45, 7) is 6.47. The molecule has 1 N–H and O–H groups in total. The Morgan fingerprint density at radius 3 is 2.86 bits per heavy atom. The van der Waals surface area contributed by atoms with Crippen LogP contribution < -0.4 is 5.32 Å². The number of nitrogens with zero attached hydrogens (tertiary/aromatic N) is 1. The van der Waals surface area contributed by atoms with E-state index in [-0.39, 0.29) is 22.5 Å². The van der Waals surface area contributed by atoms with E-state index >= 15 is 0 Å². The lowest BCUT2D eigenvalue weighted by atomic mass is 9.98. The van der Waals surface area contributed by atoms with Crippen LogP contribution in [0.4, 0.5) is 4.39 Å². The summed E-state index contributed by atoms with van der Waals surface area (Å²) < 4.78 is 14.0. The molecule has 1 amide bonds. The molecule has 1 aromatic rings. The highest BCUT2D eigenvalue weighted by molar-refractivity contribution is 6.33. The third-order valence-corrected chi connectivity index (χ3v) is 4.23. The van der Waals surface area contributed by atoms with Crippen molar-refractivity contribution in [2.75, 3.05) is 19.6 Å². The minimum Gasteiger partial charge on any atom is -0.336 e. The van der Waals surface area contributed by atoms with Gasteiger partial charge in [-0.3, -0.25) is 4.79 Å². The molecule has 1 fully saturated rings. The maximum Gasteiger partial charge on any atom is 0.258 e. The van der Waals surface area contributed by atoms with Gasteiger partial charge in [0.2, 0.25) is 0 Å². The molecule has 0 spiro atoms. The lowest BCUT2D eigenvalue weighted by molar-refractivity contribution is 0.0656. The molecule has 1 aliphatic heterocycles. The largest absolute Gasteiger partial charge is 0.336 e. The van der Waals surface area contributed by atoms with E-state index in [1.165, 1.54) is 12.1 Å². The van der Waals surface area contributed by atoms with Crippen LogP contribution in [0.15, 0.2) is 18.2 Å². The van der Waals surface area contributed by atoms with Gasteiger partial charge in [0.05, 0.1) is 10.6 Å². The second-order valence-corrected chi connectivity index (χ2v) is 6.27. The fraction of sp³-hybridized carbons (Fsp3) is 0.562. The second kappa shape index (κ2) is 7.23. The Kier molecular flexibility index (Phi) is 5.59. The predicted octanol–water partition coefficient (Wildman–Crippen LogP) is 3.33. The molecule has 3 nitrogen and oxygen atoms in total. The average Bonchev–Trinajstić information content (AvgIpc) is 2.45. The molecule has 1 saturated heterocycles. The van der Waals surface area contributed by atoms with Crippen LogP contribution in [-0.4, -0.2) is 36.5 Å². The van der Waals surface area contributed by atoms with Gasteiger partial charge in [-0.25, -0.2) is 4.39 Å². The molecular formula is C16H22ClFN2O. The minimum atomic E-state index is -0.556. The number of benzene rings is 1. The normalized spacial score (nSPS) is 18.8. The van der Waals surface area contributed by atoms with Gasteiger partial charge in [0, 0.05) is 12.6 Å². The summed E-state index contributed by atoms with van der Waals surface area (Å²) >= 11 is 6.02. The summed E-state index contributed by atoms with van der Waals surface area (Å²) in [5, 5.41) is 3.52. The SMILES string of the molecule is CC(C)N(CC1CCCNC1)C(=O)c1c(F)cccc1Cl. The Morgan fingerprint density at radius 1 is 1.52 bits per heavy atom. The Balaban J connectivity index is 2.19. The van der Waals surface area contributed by atoms with Crippen molar-refractivity contribution in [3.05, 3.63) is 34.6 Å². The molecule has 1 heterocycles. The van der Waals surface area contributed by atoms with Gasteiger partial charge in [-0.2, -0.15) is 0 Å². The Bertz CT molecular complexity index is 481. The number of halogens is 2. The van der Waals surface area contributed by atoms with Gasteiger partial charge in [0.15, 0.2) is 0 Å². The lowest BCUT2D eigenvalue weighted by Gasteiger charge is -2.33. The first kappa shape index (κ1) is 16.2. The summed E-state index contributed by atoms with van der Waals surface area (Å²) in [5.74, 6) is -0.464. The fourth-order valence-corrected chi connectivity index (χ4v) is 2.98. The van der Waals surface area contributed by atoms with Crippen molar-refractivity contribution < 1.29 is 9.18 Å². The van der Waals surface area contributed by atoms with E-state index in [0.29, 0.717) is 12.5 Å². The van der Waals surface area contributed by atoms with E-state index in [2.05, 4.69) is 5.32 Å². The maximum atomic E-state index is 14.0. The van der Waals surface area contributed by atoms with Crippen LogP contribution in [0.3, 0.4) is 0 Å². The number of piperidine rings is 1. The van der Waals surface area contributed by atoms with Gasteiger partial charge in [-0.05, 0) is 57.8 Å². The molecule has 5 heteroatoms. The third-order valence-electron chi connectivity index (χ3n) is 3.91. The number of nitrogens with one attached hydrogen (secondary N) is 1. The van der Waals surface area contributed by atoms with E-state index in [1.54, 1.807) is 11.0 Å². The molecule has 1 atom stereocenters. The summed E-state index contributed by atoms with van der Waals surface area (Å²) in [5.41, 5.74) is -0.0170. The molecule has 0 aliphatic carbocycles. The van der Waals surface area contributed by atoms with Crippen LogP contribution >= 0.6 is 11.6 Å². The van der Waals surface area contributed by atoms with Gasteiger partial charge >= 0.3 is 0 Å². The molecular weight excluding hydrogens is 291 g/mol. The minimum absolute atomic E-state index is 0.00935. The summed E-state index contributed by atoms with van der Waals surface area (Å²) in [4.78, 5) is 14.4. The highest BCUT2D eigenvalue weighted by Crippen LogP contribution is 2.23. The first-order chi connectivity index (χ1) is 10.0. The van der Waals surface area contributed by atoms with Crippen LogP contribution in [0.1, 0.15) is 37.0 Å². The van der Waals surface area contributed by atoms with E-state index in [0.717, 1.165) is 25.9 Å². The van der Waals surface area contributed by atoms with E-state index < -0.39 is 5.82 Å². The molecule has 0 saturated carbocycles. The average molecular weight is 313 g/mol. The highest BCUT2D eigenvalue weighted by Gasteiger charge is 2.27. The van der Waals surface area contributed by atoms with Crippen molar-refractivity contribution in [3.8, 4) is 0 Å². The van der Waals surface area contributed by atoms with E-state index in [9.17, 15) is 9.18 Å². The van der Waals surface area contributed by atoms with Gasteiger partial charge in [0.25, 0.3) is 5.91 Å². The lowest BCUT2D eigenvalue weighted by Crippen LogP contribution is -2.44. The molecule has 1 aliphatic rings. The zero-order chi connectivity index (χ0) is 15.4. The van der Waals surface area contributed by atoms with Gasteiger partial charge in [-0.15, -0.1) is 0 Å². The molecule has 21 heavy (non-hydrogen) atoms. The standard InChI is InChI=1S/C16H22ClFN2O/c1-11(2)20(10-12-5-4-8-19-9-12)16(21)15-13(17)6-3-7-14(15)18/h3,6-7,11-12,19H,4-5,8-10H2,1-2H3. The van der Waals surface area contributed by atoms with Crippen LogP contribution in [0.5, 0.6) is 0 Å². The van der Waals surface area contributed by atoms with E-state index in [1.807, 2.05) is 13.8 Å². The van der Waals surface area contributed by atoms with Crippen LogP contribution in [0, 0.1) is 11.7 Å². The number of hydrogen-bond acceptors (Lipinski definition) is 2. The smallest absolute Gasteiger partial charge is 0.258 e. The monoisotopic (exact) mass is 312 g/mol. The maximum absolute atomic E-state index is 14.0. The first-order valence-electron chi connectivity index (χ1n) is 7.46. The van der Waals surface area contributed by atoms with Crippen LogP contribution in [0.25, 0.3) is 0 Å². The first-order valence-corrected chi connectivity index (χ1v) is 7.84. The molecule has 2 rings (SSSR count). The quantitative estimate of drug-likeness (QED) is 0.925. The van der Waals surface area contributed by atoms with Crippen LogP contribution in [-0.2, 0) is 0 Å². The fourth-order valence-electron chi connectivity index (χ4n) is 2.73. The van der Waals surface area contributed by atoms with Crippen molar-refractivity contribution >= 4 is 17.5 Å². The molecule has 116 valence electrons. The van der Waals surface area contributed by atoms with Crippen molar-refractivity contribution in [1.82, 2.24) is 10.2 Å². The molecule has 0 aromatic heterocycles. The number of amides is 1. The summed E-state index contributed by atoms with van der Waals surface area (Å²) in [7, 11) is 0. The Hall–Kier alpha value is -1.13. The Labute approximate surface area is 130 Å². The van der Waals surface area contributed by atoms with Gasteiger partial charge in [-0.1, -0.05) is 17.7 Å². The number of hydrogen-bond donors (Lipinski definition) is 1. The third kappa shape index (κ3) is 3.95. The number of carbonyl (C=O) groups excluding carboxylic acids is 1. The van der Waals surface area contributed by atoms with Crippen molar-refractivity contribution in [2.24, 2.45) is 5.92 Å². The predicted molar refractivity (Wildman–Crippen MR) is 83.2 cm³/mol.